The van der Waals surface area contributed by atoms with Crippen molar-refractivity contribution < 1.29 is 4.79 Å². The van der Waals surface area contributed by atoms with Crippen molar-refractivity contribution in [2.45, 2.75) is 32.6 Å². The molecule has 1 aromatic heterocycles. The van der Waals surface area contributed by atoms with Crippen LogP contribution in [-0.2, 0) is 17.6 Å². The predicted molar refractivity (Wildman–Crippen MR) is 99.1 cm³/mol. The van der Waals surface area contributed by atoms with E-state index in [0.717, 1.165) is 42.4 Å². The molecule has 5 heteroatoms. The molecule has 1 aliphatic carbocycles. The Morgan fingerprint density at radius 1 is 1.28 bits per heavy atom. The summed E-state index contributed by atoms with van der Waals surface area (Å²) in [6.07, 6.45) is 5.59. The second-order valence-corrected chi connectivity index (χ2v) is 7.17. The molecule has 0 saturated carbocycles. The molecule has 0 bridgehead atoms. The number of hydrogen-bond acceptors (Lipinski definition) is 4. The molecule has 0 atom stereocenters. The number of amides is 1. The summed E-state index contributed by atoms with van der Waals surface area (Å²) >= 11 is 1.46. The van der Waals surface area contributed by atoms with Gasteiger partial charge in [-0.25, -0.2) is 0 Å². The fourth-order valence-electron chi connectivity index (χ4n) is 3.02. The van der Waals surface area contributed by atoms with E-state index in [2.05, 4.69) is 11.4 Å². The van der Waals surface area contributed by atoms with Gasteiger partial charge in [0.25, 0.3) is 5.91 Å². The number of nitriles is 2. The molecule has 0 aliphatic heterocycles. The smallest absolute Gasteiger partial charge is 0.266 e. The third-order valence-corrected chi connectivity index (χ3v) is 5.44. The summed E-state index contributed by atoms with van der Waals surface area (Å²) in [5, 5.41) is 22.1. The molecule has 124 valence electrons. The molecule has 4 nitrogen and oxygen atoms in total. The summed E-state index contributed by atoms with van der Waals surface area (Å²) in [5.41, 5.74) is 3.51. The van der Waals surface area contributed by atoms with Crippen molar-refractivity contribution in [1.29, 1.82) is 10.5 Å². The summed E-state index contributed by atoms with van der Waals surface area (Å²) in [4.78, 5) is 13.7. The van der Waals surface area contributed by atoms with Gasteiger partial charge >= 0.3 is 0 Å². The number of benzene rings is 1. The normalized spacial score (nSPS) is 13.5. The Hall–Kier alpha value is -2.89. The van der Waals surface area contributed by atoms with E-state index < -0.39 is 5.91 Å². The minimum atomic E-state index is -0.473. The number of carbonyl (C=O) groups is 1. The fraction of sp³-hybridized carbons (Fsp3) is 0.250. The van der Waals surface area contributed by atoms with E-state index in [0.29, 0.717) is 10.6 Å². The molecule has 0 spiro atoms. The first-order valence-electron chi connectivity index (χ1n) is 8.17. The minimum Gasteiger partial charge on any atom is -0.312 e. The van der Waals surface area contributed by atoms with Crippen LogP contribution in [-0.4, -0.2) is 5.91 Å². The number of carbonyl (C=O) groups excluding carboxylic acids is 1. The first-order chi connectivity index (χ1) is 12.1. The molecular formula is C20H17N3OS. The minimum absolute atomic E-state index is 0.0286. The lowest BCUT2D eigenvalue weighted by Crippen LogP contribution is -2.13. The van der Waals surface area contributed by atoms with Gasteiger partial charge in [0.05, 0.1) is 5.56 Å². The molecule has 25 heavy (non-hydrogen) atoms. The fourth-order valence-corrected chi connectivity index (χ4v) is 4.25. The van der Waals surface area contributed by atoms with Gasteiger partial charge in [-0.2, -0.15) is 10.5 Å². The van der Waals surface area contributed by atoms with Crippen LogP contribution in [0.2, 0.25) is 0 Å². The molecule has 0 saturated heterocycles. The Labute approximate surface area is 151 Å². The first-order valence-corrected chi connectivity index (χ1v) is 8.98. The van der Waals surface area contributed by atoms with E-state index in [1.807, 2.05) is 37.3 Å². The largest absolute Gasteiger partial charge is 0.312 e. The highest BCUT2D eigenvalue weighted by molar-refractivity contribution is 7.16. The van der Waals surface area contributed by atoms with Crippen LogP contribution in [0.1, 0.15) is 40.0 Å². The van der Waals surface area contributed by atoms with E-state index in [-0.39, 0.29) is 5.57 Å². The number of nitrogens with one attached hydrogen (secondary N) is 1. The zero-order valence-corrected chi connectivity index (χ0v) is 14.7. The number of thiophene rings is 1. The Bertz CT molecular complexity index is 941. The predicted octanol–water partition coefficient (Wildman–Crippen LogP) is 4.35. The number of rotatable bonds is 3. The highest BCUT2D eigenvalue weighted by atomic mass is 32.1. The lowest BCUT2D eigenvalue weighted by atomic mass is 9.96. The van der Waals surface area contributed by atoms with Gasteiger partial charge in [-0.1, -0.05) is 29.8 Å². The molecule has 1 aliphatic rings. The number of fused-ring (bicyclic) bond motifs is 1. The van der Waals surface area contributed by atoms with Crippen molar-refractivity contribution >= 4 is 28.3 Å². The van der Waals surface area contributed by atoms with Crippen molar-refractivity contribution in [3.8, 4) is 12.1 Å². The topological polar surface area (TPSA) is 76.7 Å². The third kappa shape index (κ3) is 3.63. The van der Waals surface area contributed by atoms with Crippen molar-refractivity contribution in [1.82, 2.24) is 0 Å². The van der Waals surface area contributed by atoms with E-state index in [9.17, 15) is 15.3 Å². The Kier molecular flexibility index (Phi) is 4.97. The monoisotopic (exact) mass is 347 g/mol. The van der Waals surface area contributed by atoms with Crippen LogP contribution in [0.15, 0.2) is 29.8 Å². The van der Waals surface area contributed by atoms with Gasteiger partial charge in [-0.05, 0) is 49.8 Å². The van der Waals surface area contributed by atoms with Gasteiger partial charge in [-0.15, -0.1) is 11.3 Å². The molecule has 2 aromatic rings. The van der Waals surface area contributed by atoms with E-state index in [1.54, 1.807) is 6.08 Å². The molecule has 1 amide bonds. The molecule has 0 unspecified atom stereocenters. The van der Waals surface area contributed by atoms with Crippen LogP contribution < -0.4 is 5.32 Å². The summed E-state index contributed by atoms with van der Waals surface area (Å²) in [6.45, 7) is 1.96. The number of nitrogens with zero attached hydrogens (tertiary/aromatic N) is 2. The second-order valence-electron chi connectivity index (χ2n) is 6.06. The van der Waals surface area contributed by atoms with E-state index >= 15 is 0 Å². The quantitative estimate of drug-likeness (QED) is 0.662. The molecule has 3 rings (SSSR count). The molecule has 1 N–H and O–H groups in total. The highest BCUT2D eigenvalue weighted by Gasteiger charge is 2.22. The van der Waals surface area contributed by atoms with Crippen LogP contribution in [0, 0.1) is 29.6 Å². The molecular weight excluding hydrogens is 330 g/mol. The maximum atomic E-state index is 12.5. The van der Waals surface area contributed by atoms with Gasteiger partial charge in [0.2, 0.25) is 0 Å². The molecule has 1 heterocycles. The summed E-state index contributed by atoms with van der Waals surface area (Å²) in [7, 11) is 0. The van der Waals surface area contributed by atoms with Crippen molar-refractivity contribution in [2.75, 3.05) is 5.32 Å². The number of aryl methyl sites for hydroxylation is 2. The van der Waals surface area contributed by atoms with Crippen molar-refractivity contribution in [2.24, 2.45) is 0 Å². The summed E-state index contributed by atoms with van der Waals surface area (Å²) in [6, 6.07) is 11.8. The third-order valence-electron chi connectivity index (χ3n) is 4.23. The highest BCUT2D eigenvalue weighted by Crippen LogP contribution is 2.37. The second kappa shape index (κ2) is 7.34. The number of hydrogen-bond donors (Lipinski definition) is 1. The maximum absolute atomic E-state index is 12.5. The molecule has 1 aromatic carbocycles. The van der Waals surface area contributed by atoms with Crippen molar-refractivity contribution in [3.63, 3.8) is 0 Å². The Morgan fingerprint density at radius 3 is 2.80 bits per heavy atom. The van der Waals surface area contributed by atoms with E-state index in [1.165, 1.54) is 16.2 Å². The maximum Gasteiger partial charge on any atom is 0.266 e. The van der Waals surface area contributed by atoms with Crippen molar-refractivity contribution in [3.05, 3.63) is 57.0 Å². The Balaban J connectivity index is 1.88. The first kappa shape index (κ1) is 17.0. The SMILES string of the molecule is Cc1cccc(/C=C(\C#N)C(=O)Nc2sc3c(c2C#N)CCCC3)c1. The lowest BCUT2D eigenvalue weighted by Gasteiger charge is -2.09. The van der Waals surface area contributed by atoms with Crippen LogP contribution in [0.3, 0.4) is 0 Å². The van der Waals surface area contributed by atoms with Gasteiger partial charge in [0.1, 0.15) is 22.7 Å². The van der Waals surface area contributed by atoms with Crippen LogP contribution in [0.5, 0.6) is 0 Å². The zero-order chi connectivity index (χ0) is 17.8. The van der Waals surface area contributed by atoms with Gasteiger partial charge in [0.15, 0.2) is 0 Å². The van der Waals surface area contributed by atoms with Gasteiger partial charge in [0, 0.05) is 4.88 Å². The van der Waals surface area contributed by atoms with Gasteiger partial charge < -0.3 is 5.32 Å². The Morgan fingerprint density at radius 2 is 2.08 bits per heavy atom. The number of anilines is 1. The molecule has 0 radical (unpaired) electrons. The summed E-state index contributed by atoms with van der Waals surface area (Å²) in [5.74, 6) is -0.473. The standard InChI is InChI=1S/C20H17N3OS/c1-13-5-4-6-14(9-13)10-15(11-21)19(24)23-20-17(12-22)16-7-2-3-8-18(16)25-20/h4-6,9-10H,2-3,7-8H2,1H3,(H,23,24)/b15-10+. The van der Waals surface area contributed by atoms with Crippen LogP contribution in [0.25, 0.3) is 6.08 Å². The average molecular weight is 347 g/mol. The van der Waals surface area contributed by atoms with Crippen LogP contribution in [0.4, 0.5) is 5.00 Å². The lowest BCUT2D eigenvalue weighted by molar-refractivity contribution is -0.112. The van der Waals surface area contributed by atoms with E-state index in [4.69, 9.17) is 0 Å². The zero-order valence-electron chi connectivity index (χ0n) is 13.9. The molecule has 0 fully saturated rings. The average Bonchev–Trinajstić information content (AvgIpc) is 2.96. The van der Waals surface area contributed by atoms with Crippen LogP contribution >= 0.6 is 11.3 Å². The summed E-state index contributed by atoms with van der Waals surface area (Å²) < 4.78 is 0. The van der Waals surface area contributed by atoms with Gasteiger partial charge in [-0.3, -0.25) is 4.79 Å².